The third kappa shape index (κ3) is 5.00. The van der Waals surface area contributed by atoms with Crippen LogP contribution in [0.5, 0.6) is 11.5 Å². The summed E-state index contributed by atoms with van der Waals surface area (Å²) in [6, 6.07) is 12.4. The van der Waals surface area contributed by atoms with E-state index in [1.54, 1.807) is 42.1 Å². The Morgan fingerprint density at radius 2 is 1.97 bits per heavy atom. The summed E-state index contributed by atoms with van der Waals surface area (Å²) in [6.45, 7) is 3.98. The van der Waals surface area contributed by atoms with E-state index in [-0.39, 0.29) is 18.4 Å². The lowest BCUT2D eigenvalue weighted by Crippen LogP contribution is -2.29. The molecule has 0 bridgehead atoms. The van der Waals surface area contributed by atoms with Crippen molar-refractivity contribution in [3.05, 3.63) is 70.5 Å². The summed E-state index contributed by atoms with van der Waals surface area (Å²) in [5.41, 5.74) is 2.50. The molecular formula is C23H26ClN3O4. The molecule has 0 saturated heterocycles. The molecule has 31 heavy (non-hydrogen) atoms. The summed E-state index contributed by atoms with van der Waals surface area (Å²) in [6.07, 6.45) is 0.559. The lowest BCUT2D eigenvalue weighted by atomic mass is 10.0. The van der Waals surface area contributed by atoms with Gasteiger partial charge >= 0.3 is 0 Å². The molecule has 1 atom stereocenters. The summed E-state index contributed by atoms with van der Waals surface area (Å²) in [5, 5.41) is 18.4. The van der Waals surface area contributed by atoms with Crippen molar-refractivity contribution in [3.8, 4) is 17.2 Å². The molecule has 1 aromatic heterocycles. The first-order valence-corrected chi connectivity index (χ1v) is 10.3. The number of nitrogens with zero attached hydrogens (tertiary/aromatic N) is 2. The van der Waals surface area contributed by atoms with Gasteiger partial charge in [0.05, 0.1) is 37.4 Å². The summed E-state index contributed by atoms with van der Waals surface area (Å²) < 4.78 is 12.3. The van der Waals surface area contributed by atoms with E-state index in [4.69, 9.17) is 21.1 Å². The maximum absolute atomic E-state index is 12.9. The molecule has 8 heteroatoms. The van der Waals surface area contributed by atoms with Crippen molar-refractivity contribution < 1.29 is 19.4 Å². The minimum atomic E-state index is -0.973. The van der Waals surface area contributed by atoms with Crippen molar-refractivity contribution in [1.29, 1.82) is 0 Å². The Bertz CT molecular complexity index is 1060. The first-order chi connectivity index (χ1) is 14.8. The van der Waals surface area contributed by atoms with Gasteiger partial charge < -0.3 is 19.9 Å². The standard InChI is InChI=1S/C23H26ClN3O4/c1-14(2)22-19(12-26-27(22)16-7-5-6-15(24)10-16)23(29)25-13-20(28)18-11-17(30-3)8-9-21(18)31-4/h5-12,14,20,28H,13H2,1-4H3,(H,25,29). The Kier molecular flexibility index (Phi) is 7.20. The van der Waals surface area contributed by atoms with Gasteiger partial charge in [0.25, 0.3) is 5.91 Å². The number of hydrogen-bond donors (Lipinski definition) is 2. The second-order valence-corrected chi connectivity index (χ2v) is 7.76. The molecule has 1 heterocycles. The smallest absolute Gasteiger partial charge is 0.254 e. The summed E-state index contributed by atoms with van der Waals surface area (Å²) in [4.78, 5) is 12.9. The highest BCUT2D eigenvalue weighted by atomic mass is 35.5. The molecule has 0 aliphatic carbocycles. The molecule has 1 amide bonds. The van der Waals surface area contributed by atoms with Crippen LogP contribution in [0.2, 0.25) is 5.02 Å². The third-order valence-corrected chi connectivity index (χ3v) is 5.14. The topological polar surface area (TPSA) is 85.6 Å². The molecule has 0 fully saturated rings. The number of rotatable bonds is 8. The highest BCUT2D eigenvalue weighted by molar-refractivity contribution is 6.30. The van der Waals surface area contributed by atoms with Gasteiger partial charge in [-0.2, -0.15) is 5.10 Å². The maximum Gasteiger partial charge on any atom is 0.254 e. The number of halogens is 1. The largest absolute Gasteiger partial charge is 0.497 e. The van der Waals surface area contributed by atoms with Crippen LogP contribution in [0, 0.1) is 0 Å². The fourth-order valence-corrected chi connectivity index (χ4v) is 3.58. The fraction of sp³-hybridized carbons (Fsp3) is 0.304. The second kappa shape index (κ2) is 9.85. The number of carbonyl (C=O) groups excluding carboxylic acids is 1. The minimum Gasteiger partial charge on any atom is -0.497 e. The number of benzene rings is 2. The highest BCUT2D eigenvalue weighted by Crippen LogP contribution is 2.29. The lowest BCUT2D eigenvalue weighted by molar-refractivity contribution is 0.0913. The van der Waals surface area contributed by atoms with Crippen LogP contribution < -0.4 is 14.8 Å². The molecule has 3 rings (SSSR count). The van der Waals surface area contributed by atoms with Gasteiger partial charge in [0, 0.05) is 17.1 Å². The molecular weight excluding hydrogens is 418 g/mol. The van der Waals surface area contributed by atoms with Gasteiger partial charge in [0.1, 0.15) is 17.6 Å². The van der Waals surface area contributed by atoms with Gasteiger partial charge in [-0.05, 0) is 42.3 Å². The molecule has 0 aliphatic heterocycles. The van der Waals surface area contributed by atoms with Crippen LogP contribution >= 0.6 is 11.6 Å². The predicted octanol–water partition coefficient (Wildman–Crippen LogP) is 4.13. The zero-order valence-electron chi connectivity index (χ0n) is 17.9. The Balaban J connectivity index is 1.81. The van der Waals surface area contributed by atoms with E-state index in [9.17, 15) is 9.90 Å². The van der Waals surface area contributed by atoms with Crippen LogP contribution in [0.15, 0.2) is 48.7 Å². The van der Waals surface area contributed by atoms with Crippen molar-refractivity contribution in [2.45, 2.75) is 25.9 Å². The highest BCUT2D eigenvalue weighted by Gasteiger charge is 2.22. The van der Waals surface area contributed by atoms with Crippen LogP contribution in [-0.2, 0) is 0 Å². The molecule has 2 N–H and O–H groups in total. The Hall–Kier alpha value is -3.03. The van der Waals surface area contributed by atoms with Crippen molar-refractivity contribution in [1.82, 2.24) is 15.1 Å². The van der Waals surface area contributed by atoms with E-state index in [1.807, 2.05) is 26.0 Å². The van der Waals surface area contributed by atoms with Crippen LogP contribution in [0.1, 0.15) is 47.5 Å². The molecule has 0 saturated carbocycles. The molecule has 1 unspecified atom stereocenters. The lowest BCUT2D eigenvalue weighted by Gasteiger charge is -2.17. The number of nitrogens with one attached hydrogen (secondary N) is 1. The van der Waals surface area contributed by atoms with Gasteiger partial charge in [0.2, 0.25) is 0 Å². The first kappa shape index (κ1) is 22.7. The molecule has 3 aromatic rings. The fourth-order valence-electron chi connectivity index (χ4n) is 3.40. The van der Waals surface area contributed by atoms with E-state index in [2.05, 4.69) is 10.4 Å². The number of ether oxygens (including phenoxy) is 2. The molecule has 0 spiro atoms. The van der Waals surface area contributed by atoms with Crippen LogP contribution in [0.25, 0.3) is 5.69 Å². The number of methoxy groups -OCH3 is 2. The minimum absolute atomic E-state index is 0.00222. The van der Waals surface area contributed by atoms with Crippen molar-refractivity contribution in [2.75, 3.05) is 20.8 Å². The van der Waals surface area contributed by atoms with E-state index >= 15 is 0 Å². The number of aliphatic hydroxyl groups excluding tert-OH is 1. The molecule has 0 aliphatic rings. The van der Waals surface area contributed by atoms with E-state index in [0.29, 0.717) is 27.6 Å². The van der Waals surface area contributed by atoms with Crippen LogP contribution in [0.4, 0.5) is 0 Å². The molecule has 0 radical (unpaired) electrons. The van der Waals surface area contributed by atoms with E-state index < -0.39 is 6.10 Å². The van der Waals surface area contributed by atoms with Gasteiger partial charge in [-0.15, -0.1) is 0 Å². The van der Waals surface area contributed by atoms with Crippen molar-refractivity contribution in [2.24, 2.45) is 0 Å². The van der Waals surface area contributed by atoms with Gasteiger partial charge in [-0.1, -0.05) is 31.5 Å². The Morgan fingerprint density at radius 3 is 2.61 bits per heavy atom. The SMILES string of the molecule is COc1ccc(OC)c(C(O)CNC(=O)c2cnn(-c3cccc(Cl)c3)c2C(C)C)c1. The maximum atomic E-state index is 12.9. The zero-order valence-corrected chi connectivity index (χ0v) is 18.7. The van der Waals surface area contributed by atoms with Crippen molar-refractivity contribution >= 4 is 17.5 Å². The number of hydrogen-bond acceptors (Lipinski definition) is 5. The quantitative estimate of drug-likeness (QED) is 0.546. The van der Waals surface area contributed by atoms with Crippen LogP contribution in [0.3, 0.4) is 0 Å². The second-order valence-electron chi connectivity index (χ2n) is 7.32. The molecule has 164 valence electrons. The normalized spacial score (nSPS) is 12.0. The number of amides is 1. The number of aromatic nitrogens is 2. The van der Waals surface area contributed by atoms with E-state index in [1.165, 1.54) is 13.3 Å². The average molecular weight is 444 g/mol. The Labute approximate surface area is 186 Å². The molecule has 2 aromatic carbocycles. The van der Waals surface area contributed by atoms with Crippen LogP contribution in [-0.4, -0.2) is 41.6 Å². The Morgan fingerprint density at radius 1 is 1.19 bits per heavy atom. The van der Waals surface area contributed by atoms with E-state index in [0.717, 1.165) is 11.4 Å². The van der Waals surface area contributed by atoms with Gasteiger partial charge in [-0.25, -0.2) is 4.68 Å². The first-order valence-electron chi connectivity index (χ1n) is 9.87. The summed E-state index contributed by atoms with van der Waals surface area (Å²) in [7, 11) is 3.07. The summed E-state index contributed by atoms with van der Waals surface area (Å²) >= 11 is 6.12. The van der Waals surface area contributed by atoms with Gasteiger partial charge in [0.15, 0.2) is 0 Å². The summed E-state index contributed by atoms with van der Waals surface area (Å²) in [5.74, 6) is 0.814. The van der Waals surface area contributed by atoms with Gasteiger partial charge in [-0.3, -0.25) is 4.79 Å². The molecule has 7 nitrogen and oxygen atoms in total. The van der Waals surface area contributed by atoms with Crippen molar-refractivity contribution in [3.63, 3.8) is 0 Å². The zero-order chi connectivity index (χ0) is 22.5. The number of aliphatic hydroxyl groups is 1. The average Bonchev–Trinajstić information content (AvgIpc) is 3.22. The third-order valence-electron chi connectivity index (χ3n) is 4.90. The predicted molar refractivity (Wildman–Crippen MR) is 120 cm³/mol. The number of carbonyl (C=O) groups is 1. The monoisotopic (exact) mass is 443 g/mol.